The maximum Gasteiger partial charge on any atom is 0.269 e. The van der Waals surface area contributed by atoms with Gasteiger partial charge in [0.1, 0.15) is 5.75 Å². The smallest absolute Gasteiger partial charge is 0.269 e. The van der Waals surface area contributed by atoms with Crippen LogP contribution >= 0.6 is 0 Å². The first kappa shape index (κ1) is 23.7. The van der Waals surface area contributed by atoms with Crippen LogP contribution in [0, 0.1) is 10.1 Å². The van der Waals surface area contributed by atoms with Gasteiger partial charge in [-0.15, -0.1) is 0 Å². The molecular weight excluding hydrogens is 440 g/mol. The average Bonchev–Trinajstić information content (AvgIpc) is 2.88. The van der Waals surface area contributed by atoms with Crippen molar-refractivity contribution in [3.63, 3.8) is 0 Å². The molecule has 0 saturated carbocycles. The molecule has 2 aromatic carbocycles. The third-order valence-corrected chi connectivity index (χ3v) is 6.19. The molecule has 0 aliphatic carbocycles. The summed E-state index contributed by atoms with van der Waals surface area (Å²) in [5.74, 6) is 0.496. The highest BCUT2D eigenvalue weighted by atomic mass is 16.6. The zero-order valence-corrected chi connectivity index (χ0v) is 19.1. The van der Waals surface area contributed by atoms with Crippen molar-refractivity contribution < 1.29 is 24.0 Å². The molecule has 1 unspecified atom stereocenters. The van der Waals surface area contributed by atoms with Crippen molar-refractivity contribution >= 4 is 17.5 Å². The number of rotatable bonds is 6. The Bertz CT molecular complexity index is 1040. The fourth-order valence-corrected chi connectivity index (χ4v) is 4.28. The highest BCUT2D eigenvalue weighted by Gasteiger charge is 2.29. The normalized spacial score (nSPS) is 19.0. The van der Waals surface area contributed by atoms with E-state index in [0.29, 0.717) is 56.2 Å². The Morgan fingerprint density at radius 3 is 2.38 bits per heavy atom. The molecule has 0 spiro atoms. The third-order valence-electron chi connectivity index (χ3n) is 6.19. The molecule has 2 saturated heterocycles. The summed E-state index contributed by atoms with van der Waals surface area (Å²) < 4.78 is 11.1. The molecule has 34 heavy (non-hydrogen) atoms. The van der Waals surface area contributed by atoms with E-state index in [1.165, 1.54) is 24.3 Å². The standard InChI is InChI=1S/C24H28N4O6/c1-33-21-4-2-3-19(15-21)24(30)26-11-9-25(10-12-26)16-22-17-27(13-14-34-22)23(29)18-5-7-20(8-6-18)28(31)32/h2-8,15,22H,9-14,16-17H2,1H3. The van der Waals surface area contributed by atoms with Gasteiger partial charge in [-0.3, -0.25) is 24.6 Å². The lowest BCUT2D eigenvalue weighted by Gasteiger charge is -2.39. The predicted molar refractivity (Wildman–Crippen MR) is 124 cm³/mol. The van der Waals surface area contributed by atoms with Crippen molar-refractivity contribution in [3.05, 3.63) is 69.8 Å². The van der Waals surface area contributed by atoms with Gasteiger partial charge in [-0.1, -0.05) is 6.07 Å². The van der Waals surface area contributed by atoms with Crippen LogP contribution in [0.4, 0.5) is 5.69 Å². The van der Waals surface area contributed by atoms with Crippen molar-refractivity contribution in [2.24, 2.45) is 0 Å². The van der Waals surface area contributed by atoms with E-state index in [1.807, 2.05) is 17.0 Å². The lowest BCUT2D eigenvalue weighted by Crippen LogP contribution is -2.54. The lowest BCUT2D eigenvalue weighted by atomic mass is 10.1. The molecule has 10 nitrogen and oxygen atoms in total. The van der Waals surface area contributed by atoms with Crippen molar-refractivity contribution in [1.29, 1.82) is 0 Å². The van der Waals surface area contributed by atoms with E-state index in [9.17, 15) is 19.7 Å². The Labute approximate surface area is 197 Å². The number of non-ortho nitro benzene ring substituents is 1. The highest BCUT2D eigenvalue weighted by Crippen LogP contribution is 2.18. The number of benzene rings is 2. The van der Waals surface area contributed by atoms with Crippen LogP contribution < -0.4 is 4.74 Å². The van der Waals surface area contributed by atoms with Gasteiger partial charge < -0.3 is 19.3 Å². The summed E-state index contributed by atoms with van der Waals surface area (Å²) in [5, 5.41) is 10.8. The van der Waals surface area contributed by atoms with E-state index in [1.54, 1.807) is 24.1 Å². The number of hydrogen-bond donors (Lipinski definition) is 0. The number of methoxy groups -OCH3 is 1. The van der Waals surface area contributed by atoms with Gasteiger partial charge >= 0.3 is 0 Å². The van der Waals surface area contributed by atoms with Gasteiger partial charge in [0.25, 0.3) is 17.5 Å². The molecule has 0 aromatic heterocycles. The number of carbonyl (C=O) groups is 2. The molecule has 2 fully saturated rings. The summed E-state index contributed by atoms with van der Waals surface area (Å²) in [6.07, 6.45) is -0.128. The minimum absolute atomic E-state index is 0.00710. The van der Waals surface area contributed by atoms with E-state index in [-0.39, 0.29) is 23.6 Å². The van der Waals surface area contributed by atoms with Crippen LogP contribution in [-0.2, 0) is 4.74 Å². The van der Waals surface area contributed by atoms with Crippen LogP contribution in [0.25, 0.3) is 0 Å². The number of nitro benzene ring substituents is 1. The summed E-state index contributed by atoms with van der Waals surface area (Å²) >= 11 is 0. The molecule has 2 aliphatic heterocycles. The van der Waals surface area contributed by atoms with Crippen molar-refractivity contribution in [1.82, 2.24) is 14.7 Å². The topological polar surface area (TPSA) is 105 Å². The van der Waals surface area contributed by atoms with Gasteiger partial charge in [0, 0.05) is 69.1 Å². The molecule has 2 heterocycles. The molecule has 1 atom stereocenters. The number of morpholine rings is 1. The zero-order valence-electron chi connectivity index (χ0n) is 19.1. The fourth-order valence-electron chi connectivity index (χ4n) is 4.28. The predicted octanol–water partition coefficient (Wildman–Crippen LogP) is 1.90. The SMILES string of the molecule is COc1cccc(C(=O)N2CCN(CC3CN(C(=O)c4ccc([N+](=O)[O-])cc4)CCO3)CC2)c1. The van der Waals surface area contributed by atoms with Gasteiger partial charge in [-0.05, 0) is 30.3 Å². The lowest BCUT2D eigenvalue weighted by molar-refractivity contribution is -0.384. The van der Waals surface area contributed by atoms with Crippen LogP contribution in [0.2, 0.25) is 0 Å². The number of carbonyl (C=O) groups excluding carboxylic acids is 2. The van der Waals surface area contributed by atoms with Crippen molar-refractivity contribution in [2.45, 2.75) is 6.10 Å². The van der Waals surface area contributed by atoms with Crippen LogP contribution in [0.1, 0.15) is 20.7 Å². The van der Waals surface area contributed by atoms with E-state index in [2.05, 4.69) is 4.90 Å². The van der Waals surface area contributed by atoms with Crippen molar-refractivity contribution in [2.75, 3.05) is 59.5 Å². The largest absolute Gasteiger partial charge is 0.497 e. The first-order valence-electron chi connectivity index (χ1n) is 11.3. The zero-order chi connectivity index (χ0) is 24.1. The number of nitrogens with zero attached hydrogens (tertiary/aromatic N) is 4. The molecule has 2 amide bonds. The van der Waals surface area contributed by atoms with Gasteiger partial charge in [0.05, 0.1) is 24.7 Å². The molecular formula is C24H28N4O6. The molecule has 180 valence electrons. The Kier molecular flexibility index (Phi) is 7.39. The number of piperazine rings is 1. The number of hydrogen-bond acceptors (Lipinski definition) is 7. The molecule has 2 aliphatic rings. The summed E-state index contributed by atoms with van der Waals surface area (Å²) in [5.41, 5.74) is 1.00. The molecule has 2 aromatic rings. The maximum absolute atomic E-state index is 12.9. The second kappa shape index (κ2) is 10.6. The van der Waals surface area contributed by atoms with Crippen molar-refractivity contribution in [3.8, 4) is 5.75 Å². The number of amides is 2. The van der Waals surface area contributed by atoms with E-state index >= 15 is 0 Å². The molecule has 0 N–H and O–H groups in total. The Balaban J connectivity index is 1.28. The highest BCUT2D eigenvalue weighted by molar-refractivity contribution is 5.95. The average molecular weight is 469 g/mol. The molecule has 0 bridgehead atoms. The van der Waals surface area contributed by atoms with Crippen LogP contribution in [0.5, 0.6) is 5.75 Å². The van der Waals surface area contributed by atoms with Gasteiger partial charge in [-0.2, -0.15) is 0 Å². The summed E-state index contributed by atoms with van der Waals surface area (Å²) in [4.78, 5) is 41.9. The summed E-state index contributed by atoms with van der Waals surface area (Å²) in [6, 6.07) is 12.8. The van der Waals surface area contributed by atoms with Crippen LogP contribution in [0.3, 0.4) is 0 Å². The number of nitro groups is 1. The first-order valence-corrected chi connectivity index (χ1v) is 11.3. The van der Waals surface area contributed by atoms with Crippen LogP contribution in [-0.4, -0.2) is 97.1 Å². The van der Waals surface area contributed by atoms with E-state index < -0.39 is 4.92 Å². The maximum atomic E-state index is 12.9. The first-order chi connectivity index (χ1) is 16.4. The second-order valence-electron chi connectivity index (χ2n) is 8.37. The van der Waals surface area contributed by atoms with E-state index in [4.69, 9.17) is 9.47 Å². The monoisotopic (exact) mass is 468 g/mol. The molecule has 0 radical (unpaired) electrons. The minimum atomic E-state index is -0.483. The molecule has 4 rings (SSSR count). The number of ether oxygens (including phenoxy) is 2. The van der Waals surface area contributed by atoms with Crippen LogP contribution in [0.15, 0.2) is 48.5 Å². The third kappa shape index (κ3) is 5.52. The minimum Gasteiger partial charge on any atom is -0.497 e. The Morgan fingerprint density at radius 2 is 1.71 bits per heavy atom. The Hall–Kier alpha value is -3.50. The Morgan fingerprint density at radius 1 is 1.00 bits per heavy atom. The molecule has 10 heteroatoms. The second-order valence-corrected chi connectivity index (χ2v) is 8.37. The summed E-state index contributed by atoms with van der Waals surface area (Å²) in [7, 11) is 1.58. The van der Waals surface area contributed by atoms with Gasteiger partial charge in [-0.25, -0.2) is 0 Å². The fraction of sp³-hybridized carbons (Fsp3) is 0.417. The van der Waals surface area contributed by atoms with E-state index in [0.717, 1.165) is 13.1 Å². The quantitative estimate of drug-likeness (QED) is 0.471. The summed E-state index contributed by atoms with van der Waals surface area (Å²) in [6.45, 7) is 4.75. The van der Waals surface area contributed by atoms with Gasteiger partial charge in [0.2, 0.25) is 0 Å². The van der Waals surface area contributed by atoms with Gasteiger partial charge in [0.15, 0.2) is 0 Å².